The summed E-state index contributed by atoms with van der Waals surface area (Å²) in [5.41, 5.74) is 1.49. The quantitative estimate of drug-likeness (QED) is 0.878. The van der Waals surface area contributed by atoms with Crippen molar-refractivity contribution in [3.8, 4) is 5.75 Å². The van der Waals surface area contributed by atoms with Crippen molar-refractivity contribution in [1.82, 2.24) is 4.98 Å². The Hall–Kier alpha value is -1.58. The van der Waals surface area contributed by atoms with Crippen molar-refractivity contribution in [2.45, 2.75) is 34.1 Å². The average Bonchev–Trinajstić information content (AvgIpc) is 2.14. The van der Waals surface area contributed by atoms with E-state index in [2.05, 4.69) is 10.3 Å². The second-order valence-corrected chi connectivity index (χ2v) is 5.31. The van der Waals surface area contributed by atoms with Gasteiger partial charge in [0.2, 0.25) is 5.91 Å². The van der Waals surface area contributed by atoms with E-state index in [1.807, 2.05) is 27.7 Å². The first kappa shape index (κ1) is 13.5. The summed E-state index contributed by atoms with van der Waals surface area (Å²) in [7, 11) is 1.56. The zero-order valence-electron chi connectivity index (χ0n) is 11.1. The van der Waals surface area contributed by atoms with Gasteiger partial charge in [-0.3, -0.25) is 9.78 Å². The van der Waals surface area contributed by atoms with E-state index in [9.17, 15) is 4.79 Å². The molecule has 1 rings (SSSR count). The van der Waals surface area contributed by atoms with Crippen molar-refractivity contribution in [3.05, 3.63) is 18.0 Å². The van der Waals surface area contributed by atoms with E-state index in [4.69, 9.17) is 4.74 Å². The Kier molecular flexibility index (Phi) is 4.10. The lowest BCUT2D eigenvalue weighted by atomic mass is 9.92. The number of carbonyl (C=O) groups excluding carboxylic acids is 1. The molecule has 1 N–H and O–H groups in total. The summed E-state index contributed by atoms with van der Waals surface area (Å²) >= 11 is 0. The zero-order valence-corrected chi connectivity index (χ0v) is 11.1. The van der Waals surface area contributed by atoms with Gasteiger partial charge in [-0.25, -0.2) is 0 Å². The first-order valence-electron chi connectivity index (χ1n) is 5.62. The van der Waals surface area contributed by atoms with Crippen LogP contribution in [0.1, 0.15) is 32.9 Å². The van der Waals surface area contributed by atoms with Gasteiger partial charge < -0.3 is 10.1 Å². The molecule has 17 heavy (non-hydrogen) atoms. The summed E-state index contributed by atoms with van der Waals surface area (Å²) in [6.07, 6.45) is 2.08. The lowest BCUT2D eigenvalue weighted by Gasteiger charge is -2.18. The van der Waals surface area contributed by atoms with Gasteiger partial charge in [0.15, 0.2) is 5.75 Å². The number of methoxy groups -OCH3 is 1. The molecule has 0 aromatic carbocycles. The lowest BCUT2D eigenvalue weighted by molar-refractivity contribution is -0.117. The summed E-state index contributed by atoms with van der Waals surface area (Å²) in [6.45, 7) is 7.96. The van der Waals surface area contributed by atoms with Crippen LogP contribution < -0.4 is 10.1 Å². The number of anilines is 1. The van der Waals surface area contributed by atoms with Crippen LogP contribution in [0.15, 0.2) is 12.3 Å². The van der Waals surface area contributed by atoms with Gasteiger partial charge in [-0.15, -0.1) is 0 Å². The van der Waals surface area contributed by atoms with Gasteiger partial charge in [-0.2, -0.15) is 0 Å². The fourth-order valence-corrected chi connectivity index (χ4v) is 1.48. The van der Waals surface area contributed by atoms with Gasteiger partial charge in [-0.05, 0) is 18.4 Å². The van der Waals surface area contributed by atoms with Gasteiger partial charge in [0.1, 0.15) is 0 Å². The fourth-order valence-electron chi connectivity index (χ4n) is 1.48. The molecule has 0 aliphatic rings. The van der Waals surface area contributed by atoms with Gasteiger partial charge in [-0.1, -0.05) is 20.8 Å². The highest BCUT2D eigenvalue weighted by Gasteiger charge is 2.17. The molecule has 0 bridgehead atoms. The molecule has 1 amide bonds. The smallest absolute Gasteiger partial charge is 0.225 e. The SMILES string of the molecule is COc1cnc(C)cc1NC(=O)CC(C)(C)C. The van der Waals surface area contributed by atoms with E-state index in [0.717, 1.165) is 5.69 Å². The largest absolute Gasteiger partial charge is 0.493 e. The maximum absolute atomic E-state index is 11.8. The Labute approximate surface area is 102 Å². The molecule has 0 radical (unpaired) electrons. The van der Waals surface area contributed by atoms with E-state index in [-0.39, 0.29) is 11.3 Å². The topological polar surface area (TPSA) is 51.2 Å². The van der Waals surface area contributed by atoms with E-state index in [1.54, 1.807) is 19.4 Å². The molecule has 0 saturated heterocycles. The van der Waals surface area contributed by atoms with Crippen molar-refractivity contribution in [1.29, 1.82) is 0 Å². The second kappa shape index (κ2) is 5.17. The van der Waals surface area contributed by atoms with Crippen LogP contribution >= 0.6 is 0 Å². The van der Waals surface area contributed by atoms with Crippen LogP contribution in [0.3, 0.4) is 0 Å². The molecular weight excluding hydrogens is 216 g/mol. The third-order valence-corrected chi connectivity index (χ3v) is 2.19. The molecule has 0 aliphatic heterocycles. The van der Waals surface area contributed by atoms with E-state index < -0.39 is 0 Å². The molecule has 4 heteroatoms. The number of pyridine rings is 1. The van der Waals surface area contributed by atoms with Crippen molar-refractivity contribution >= 4 is 11.6 Å². The number of ether oxygens (including phenoxy) is 1. The Morgan fingerprint density at radius 2 is 2.12 bits per heavy atom. The normalized spacial score (nSPS) is 11.1. The lowest BCUT2D eigenvalue weighted by Crippen LogP contribution is -2.20. The summed E-state index contributed by atoms with van der Waals surface area (Å²) in [5, 5.41) is 2.85. The van der Waals surface area contributed by atoms with Crippen molar-refractivity contribution < 1.29 is 9.53 Å². The first-order chi connectivity index (χ1) is 7.81. The maximum atomic E-state index is 11.8. The van der Waals surface area contributed by atoms with Gasteiger partial charge in [0.25, 0.3) is 0 Å². The van der Waals surface area contributed by atoms with Crippen molar-refractivity contribution in [2.24, 2.45) is 5.41 Å². The van der Waals surface area contributed by atoms with Crippen LogP contribution in [0.4, 0.5) is 5.69 Å². The number of nitrogens with one attached hydrogen (secondary N) is 1. The van der Waals surface area contributed by atoms with E-state index >= 15 is 0 Å². The molecule has 0 unspecified atom stereocenters. The minimum atomic E-state index is -0.0284. The number of carbonyl (C=O) groups is 1. The zero-order chi connectivity index (χ0) is 13.1. The highest BCUT2D eigenvalue weighted by atomic mass is 16.5. The van der Waals surface area contributed by atoms with Crippen LogP contribution in [0.25, 0.3) is 0 Å². The average molecular weight is 236 g/mol. The Morgan fingerprint density at radius 1 is 1.47 bits per heavy atom. The summed E-state index contributed by atoms with van der Waals surface area (Å²) in [6, 6.07) is 1.80. The maximum Gasteiger partial charge on any atom is 0.225 e. The number of hydrogen-bond donors (Lipinski definition) is 1. The second-order valence-electron chi connectivity index (χ2n) is 5.31. The minimum Gasteiger partial charge on any atom is -0.493 e. The highest BCUT2D eigenvalue weighted by Crippen LogP contribution is 2.25. The van der Waals surface area contributed by atoms with E-state index in [0.29, 0.717) is 17.9 Å². The van der Waals surface area contributed by atoms with Crippen LogP contribution in [0.5, 0.6) is 5.75 Å². The monoisotopic (exact) mass is 236 g/mol. The number of aryl methyl sites for hydroxylation is 1. The number of rotatable bonds is 3. The summed E-state index contributed by atoms with van der Waals surface area (Å²) < 4.78 is 5.15. The van der Waals surface area contributed by atoms with Crippen LogP contribution in [-0.2, 0) is 4.79 Å². The number of amides is 1. The van der Waals surface area contributed by atoms with E-state index in [1.165, 1.54) is 0 Å². The standard InChI is InChI=1S/C13H20N2O2/c1-9-6-10(11(17-5)8-14-9)15-12(16)7-13(2,3)4/h6,8H,7H2,1-5H3,(H,14,15,16). The predicted molar refractivity (Wildman–Crippen MR) is 68.2 cm³/mol. The predicted octanol–water partition coefficient (Wildman–Crippen LogP) is 2.77. The summed E-state index contributed by atoms with van der Waals surface area (Å²) in [5.74, 6) is 0.569. The molecule has 0 fully saturated rings. The number of aromatic nitrogens is 1. The van der Waals surface area contributed by atoms with Crippen LogP contribution in [-0.4, -0.2) is 18.0 Å². The van der Waals surface area contributed by atoms with Gasteiger partial charge in [0, 0.05) is 12.1 Å². The first-order valence-corrected chi connectivity index (χ1v) is 5.62. The minimum absolute atomic E-state index is 0.0126. The molecule has 1 aromatic rings. The van der Waals surface area contributed by atoms with Crippen LogP contribution in [0.2, 0.25) is 0 Å². The summed E-state index contributed by atoms with van der Waals surface area (Å²) in [4.78, 5) is 15.9. The number of hydrogen-bond acceptors (Lipinski definition) is 3. The molecular formula is C13H20N2O2. The molecule has 0 spiro atoms. The Bertz CT molecular complexity index is 408. The third kappa shape index (κ3) is 4.43. The molecule has 4 nitrogen and oxygen atoms in total. The molecule has 94 valence electrons. The Balaban J connectivity index is 2.80. The fraction of sp³-hybridized carbons (Fsp3) is 0.538. The molecule has 1 heterocycles. The molecule has 0 aliphatic carbocycles. The highest BCUT2D eigenvalue weighted by molar-refractivity contribution is 5.92. The van der Waals surface area contributed by atoms with Crippen molar-refractivity contribution in [2.75, 3.05) is 12.4 Å². The van der Waals surface area contributed by atoms with Crippen molar-refractivity contribution in [3.63, 3.8) is 0 Å². The van der Waals surface area contributed by atoms with Gasteiger partial charge >= 0.3 is 0 Å². The molecule has 0 saturated carbocycles. The molecule has 0 atom stereocenters. The van der Waals surface area contributed by atoms with Crippen LogP contribution in [0, 0.1) is 12.3 Å². The number of nitrogens with zero attached hydrogens (tertiary/aromatic N) is 1. The van der Waals surface area contributed by atoms with Gasteiger partial charge in [0.05, 0.1) is 19.0 Å². The Morgan fingerprint density at radius 3 is 2.65 bits per heavy atom. The third-order valence-electron chi connectivity index (χ3n) is 2.19. The molecule has 1 aromatic heterocycles.